The maximum absolute atomic E-state index is 13.0. The summed E-state index contributed by atoms with van der Waals surface area (Å²) in [6, 6.07) is 12.1. The second-order valence-electron chi connectivity index (χ2n) is 8.24. The van der Waals surface area contributed by atoms with Crippen molar-refractivity contribution in [2.75, 3.05) is 16.8 Å². The highest BCUT2D eigenvalue weighted by Gasteiger charge is 2.31. The topological polar surface area (TPSA) is 73.9 Å². The summed E-state index contributed by atoms with van der Waals surface area (Å²) in [5.74, 6) is -0.177. The molecule has 5 rings (SSSR count). The number of fused-ring (bicyclic) bond motifs is 2. The van der Waals surface area contributed by atoms with Crippen LogP contribution in [-0.2, 0) is 12.7 Å². The molecular weight excluding hydrogens is 431 g/mol. The number of anilines is 2. The van der Waals surface area contributed by atoms with Crippen molar-refractivity contribution >= 4 is 28.3 Å². The van der Waals surface area contributed by atoms with E-state index < -0.39 is 17.6 Å². The van der Waals surface area contributed by atoms with Crippen LogP contribution in [0.5, 0.6) is 0 Å². The van der Waals surface area contributed by atoms with E-state index >= 15 is 0 Å². The minimum atomic E-state index is -4.47. The number of amides is 1. The molecule has 0 radical (unpaired) electrons. The van der Waals surface area contributed by atoms with Crippen molar-refractivity contribution in [1.82, 2.24) is 15.2 Å². The molecule has 9 heteroatoms. The Labute approximate surface area is 187 Å². The molecule has 0 bridgehead atoms. The molecule has 2 aromatic carbocycles. The molecule has 33 heavy (non-hydrogen) atoms. The maximum Gasteiger partial charge on any atom is 0.416 e. The lowest BCUT2D eigenvalue weighted by Gasteiger charge is -2.20. The maximum atomic E-state index is 13.0. The van der Waals surface area contributed by atoms with Crippen molar-refractivity contribution in [2.24, 2.45) is 0 Å². The molecule has 2 aromatic heterocycles. The number of halogens is 3. The van der Waals surface area contributed by atoms with Crippen molar-refractivity contribution < 1.29 is 18.0 Å². The normalized spacial score (nSPS) is 15.6. The second kappa shape index (κ2) is 7.91. The predicted octanol–water partition coefficient (Wildman–Crippen LogP) is 5.35. The molecule has 2 N–H and O–H groups in total. The number of H-pyrrole nitrogens is 1. The number of rotatable bonds is 4. The molecule has 1 unspecified atom stereocenters. The standard InChI is InChI=1S/C24H20F3N5O/c1-14-12-32(13-15-7-17-11-29-31-22(17)28-10-15)21-8-16(5-6-20(14)21)23(33)30-19-4-2-3-18(9-19)24(25,26)27/h2-11,14H,12-13H2,1H3,(H,30,33)(H,28,29,31). The Morgan fingerprint density at radius 2 is 2.03 bits per heavy atom. The molecule has 0 aliphatic carbocycles. The first-order chi connectivity index (χ1) is 15.8. The van der Waals surface area contributed by atoms with Gasteiger partial charge in [-0.1, -0.05) is 19.1 Å². The van der Waals surface area contributed by atoms with Crippen molar-refractivity contribution in [2.45, 2.75) is 25.6 Å². The first-order valence-corrected chi connectivity index (χ1v) is 10.4. The van der Waals surface area contributed by atoms with Gasteiger partial charge in [0.15, 0.2) is 5.65 Å². The lowest BCUT2D eigenvalue weighted by molar-refractivity contribution is -0.137. The van der Waals surface area contributed by atoms with Crippen molar-refractivity contribution in [3.63, 3.8) is 0 Å². The molecule has 1 amide bonds. The number of alkyl halides is 3. The van der Waals surface area contributed by atoms with Gasteiger partial charge in [0.25, 0.3) is 5.91 Å². The minimum Gasteiger partial charge on any atom is -0.366 e. The van der Waals surface area contributed by atoms with Crippen LogP contribution in [0.2, 0.25) is 0 Å². The fraction of sp³-hybridized carbons (Fsp3) is 0.208. The summed E-state index contributed by atoms with van der Waals surface area (Å²) >= 11 is 0. The van der Waals surface area contributed by atoms with E-state index in [0.29, 0.717) is 12.1 Å². The van der Waals surface area contributed by atoms with Gasteiger partial charge < -0.3 is 10.2 Å². The number of nitrogens with zero attached hydrogens (tertiary/aromatic N) is 3. The Morgan fingerprint density at radius 3 is 2.85 bits per heavy atom. The third kappa shape index (κ3) is 4.13. The number of nitrogens with one attached hydrogen (secondary N) is 2. The molecule has 0 saturated carbocycles. The van der Waals surface area contributed by atoms with E-state index in [4.69, 9.17) is 0 Å². The van der Waals surface area contributed by atoms with Gasteiger partial charge >= 0.3 is 6.18 Å². The van der Waals surface area contributed by atoms with E-state index in [2.05, 4.69) is 32.3 Å². The van der Waals surface area contributed by atoms with E-state index in [1.165, 1.54) is 12.1 Å². The summed E-state index contributed by atoms with van der Waals surface area (Å²) < 4.78 is 38.9. The average Bonchev–Trinajstić information content (AvgIpc) is 3.37. The van der Waals surface area contributed by atoms with Crippen LogP contribution in [0.1, 0.15) is 39.9 Å². The summed E-state index contributed by atoms with van der Waals surface area (Å²) in [6.07, 6.45) is -0.949. The van der Waals surface area contributed by atoms with Crippen molar-refractivity contribution in [1.29, 1.82) is 0 Å². The van der Waals surface area contributed by atoms with Gasteiger partial charge in [-0.15, -0.1) is 0 Å². The number of hydrogen-bond acceptors (Lipinski definition) is 4. The van der Waals surface area contributed by atoms with Crippen LogP contribution in [0.4, 0.5) is 24.5 Å². The van der Waals surface area contributed by atoms with Crippen LogP contribution in [0.3, 0.4) is 0 Å². The van der Waals surface area contributed by atoms with Gasteiger partial charge in [0.2, 0.25) is 0 Å². The van der Waals surface area contributed by atoms with E-state index in [1.54, 1.807) is 24.5 Å². The van der Waals surface area contributed by atoms with Gasteiger partial charge in [-0.2, -0.15) is 18.3 Å². The Hall–Kier alpha value is -3.88. The number of carbonyl (C=O) groups is 1. The van der Waals surface area contributed by atoms with Crippen LogP contribution in [-0.4, -0.2) is 27.6 Å². The monoisotopic (exact) mass is 451 g/mol. The van der Waals surface area contributed by atoms with Gasteiger partial charge in [-0.3, -0.25) is 9.89 Å². The molecule has 1 atom stereocenters. The SMILES string of the molecule is CC1CN(Cc2cnc3[nH]ncc3c2)c2cc(C(=O)Nc3cccc(C(F)(F)F)c3)ccc21. The number of aromatic nitrogens is 3. The molecule has 3 heterocycles. The molecule has 4 aromatic rings. The number of hydrogen-bond donors (Lipinski definition) is 2. The molecule has 0 saturated heterocycles. The lowest BCUT2D eigenvalue weighted by Crippen LogP contribution is -2.21. The third-order valence-electron chi connectivity index (χ3n) is 5.83. The molecule has 0 fully saturated rings. The fourth-order valence-electron chi connectivity index (χ4n) is 4.22. The molecule has 1 aliphatic heterocycles. The summed E-state index contributed by atoms with van der Waals surface area (Å²) in [5, 5.41) is 10.3. The minimum absolute atomic E-state index is 0.0973. The largest absolute Gasteiger partial charge is 0.416 e. The quantitative estimate of drug-likeness (QED) is 0.439. The molecule has 1 aliphatic rings. The number of benzene rings is 2. The average molecular weight is 451 g/mol. The Bertz CT molecular complexity index is 1350. The predicted molar refractivity (Wildman–Crippen MR) is 119 cm³/mol. The zero-order valence-electron chi connectivity index (χ0n) is 17.6. The molecule has 6 nitrogen and oxygen atoms in total. The zero-order valence-corrected chi connectivity index (χ0v) is 17.6. The Kier molecular flexibility index (Phi) is 5.03. The Morgan fingerprint density at radius 1 is 1.18 bits per heavy atom. The summed E-state index contributed by atoms with van der Waals surface area (Å²) in [6.45, 7) is 3.53. The lowest BCUT2D eigenvalue weighted by atomic mass is 10.0. The van der Waals surface area contributed by atoms with Crippen LogP contribution >= 0.6 is 0 Å². The zero-order chi connectivity index (χ0) is 23.2. The number of pyridine rings is 1. The molecule has 168 valence electrons. The van der Waals surface area contributed by atoms with Gasteiger partial charge in [0, 0.05) is 47.5 Å². The van der Waals surface area contributed by atoms with E-state index in [9.17, 15) is 18.0 Å². The van der Waals surface area contributed by atoms with Gasteiger partial charge in [-0.05, 0) is 47.5 Å². The summed E-state index contributed by atoms with van der Waals surface area (Å²) in [5.41, 5.74) is 3.48. The fourth-order valence-corrected chi connectivity index (χ4v) is 4.22. The van der Waals surface area contributed by atoms with Crippen LogP contribution in [0.15, 0.2) is 60.9 Å². The van der Waals surface area contributed by atoms with E-state index in [-0.39, 0.29) is 11.6 Å². The summed E-state index contributed by atoms with van der Waals surface area (Å²) in [4.78, 5) is 19.4. The number of aromatic amines is 1. The highest BCUT2D eigenvalue weighted by molar-refractivity contribution is 6.05. The molecular formula is C24H20F3N5O. The van der Waals surface area contributed by atoms with Crippen LogP contribution in [0, 0.1) is 0 Å². The van der Waals surface area contributed by atoms with Crippen molar-refractivity contribution in [3.8, 4) is 0 Å². The van der Waals surface area contributed by atoms with Crippen molar-refractivity contribution in [3.05, 3.63) is 83.2 Å². The first-order valence-electron chi connectivity index (χ1n) is 10.4. The van der Waals surface area contributed by atoms with E-state index in [0.717, 1.165) is 46.5 Å². The second-order valence-corrected chi connectivity index (χ2v) is 8.24. The Balaban J connectivity index is 1.38. The van der Waals surface area contributed by atoms with E-state index in [1.807, 2.05) is 12.1 Å². The third-order valence-corrected chi connectivity index (χ3v) is 5.83. The highest BCUT2D eigenvalue weighted by Crippen LogP contribution is 2.38. The highest BCUT2D eigenvalue weighted by atomic mass is 19.4. The molecule has 0 spiro atoms. The van der Waals surface area contributed by atoms with Crippen LogP contribution < -0.4 is 10.2 Å². The van der Waals surface area contributed by atoms with Gasteiger partial charge in [0.05, 0.1) is 11.8 Å². The van der Waals surface area contributed by atoms with Gasteiger partial charge in [0.1, 0.15) is 0 Å². The van der Waals surface area contributed by atoms with Gasteiger partial charge in [-0.25, -0.2) is 4.98 Å². The first kappa shape index (κ1) is 21.0. The summed E-state index contributed by atoms with van der Waals surface area (Å²) in [7, 11) is 0. The smallest absolute Gasteiger partial charge is 0.366 e. The number of carbonyl (C=O) groups excluding carboxylic acids is 1. The van der Waals surface area contributed by atoms with Crippen LogP contribution in [0.25, 0.3) is 11.0 Å².